The van der Waals surface area contributed by atoms with Gasteiger partial charge in [-0.1, -0.05) is 64.5 Å². The monoisotopic (exact) mass is 502 g/mol. The summed E-state index contributed by atoms with van der Waals surface area (Å²) >= 11 is 0. The van der Waals surface area contributed by atoms with Gasteiger partial charge in [-0.3, -0.25) is 4.79 Å². The zero-order valence-corrected chi connectivity index (χ0v) is 22.2. The van der Waals surface area contributed by atoms with Crippen LogP contribution in [-0.2, 0) is 9.59 Å². The first-order valence-corrected chi connectivity index (χ1v) is 11.8. The smallest absolute Gasteiger partial charge is 0.327 e. The first kappa shape index (κ1) is 39.7. The molecular weight excluding hydrogens is 460 g/mol. The van der Waals surface area contributed by atoms with Gasteiger partial charge < -0.3 is 15.3 Å². The molecule has 9 heteroatoms. The van der Waals surface area contributed by atoms with Crippen molar-refractivity contribution in [1.82, 2.24) is 0 Å². The van der Waals surface area contributed by atoms with E-state index < -0.39 is 5.97 Å². The van der Waals surface area contributed by atoms with Gasteiger partial charge in [0.05, 0.1) is 0 Å². The zero-order chi connectivity index (χ0) is 28.8. The average molecular weight is 503 g/mol. The molecular formula is C27H42N4O5. The number of carboxylic acids is 1. The molecule has 0 heterocycles. The Hall–Kier alpha value is -3.50. The molecule has 1 rings (SSSR count). The first-order valence-electron chi connectivity index (χ1n) is 11.8. The van der Waals surface area contributed by atoms with Crippen LogP contribution in [0, 0.1) is 50.7 Å². The van der Waals surface area contributed by atoms with Crippen LogP contribution in [0.5, 0.6) is 0 Å². The largest absolute Gasteiger partial charge is 0.478 e. The zero-order valence-electron chi connectivity index (χ0n) is 22.2. The molecule has 0 aromatic carbocycles. The highest BCUT2D eigenvalue weighted by molar-refractivity contribution is 5.96. The number of carboxylic acid groups (broad SMARTS) is 1. The number of carbonyl (C=O) groups is 2. The van der Waals surface area contributed by atoms with Crippen LogP contribution in [0.3, 0.4) is 0 Å². The van der Waals surface area contributed by atoms with Crippen LogP contribution in [0.15, 0.2) is 23.8 Å². The molecule has 0 unspecified atom stereocenters. The highest BCUT2D eigenvalue weighted by Gasteiger charge is 2.28. The summed E-state index contributed by atoms with van der Waals surface area (Å²) in [5.74, 6) is -0.649. The van der Waals surface area contributed by atoms with Crippen molar-refractivity contribution in [3.05, 3.63) is 23.8 Å². The maximum Gasteiger partial charge on any atom is 0.327 e. The van der Waals surface area contributed by atoms with Gasteiger partial charge >= 0.3 is 5.97 Å². The van der Waals surface area contributed by atoms with E-state index >= 15 is 0 Å². The second-order valence-corrected chi connectivity index (χ2v) is 8.61. The molecule has 0 aliphatic heterocycles. The number of aliphatic carboxylic acids is 1. The van der Waals surface area contributed by atoms with Crippen LogP contribution in [0.4, 0.5) is 0 Å². The quantitative estimate of drug-likeness (QED) is 0.268. The molecule has 0 fully saturated rings. The van der Waals surface area contributed by atoms with E-state index in [1.807, 2.05) is 6.92 Å². The fourth-order valence-corrected chi connectivity index (χ4v) is 3.00. The fraction of sp³-hybridized carbons (Fsp3) is 0.630. The van der Waals surface area contributed by atoms with Crippen LogP contribution >= 0.6 is 0 Å². The molecule has 0 atom stereocenters. The number of rotatable bonds is 10. The van der Waals surface area contributed by atoms with E-state index in [-0.39, 0.29) is 5.41 Å². The molecule has 0 saturated carbocycles. The number of Topliss-reactive ketones (excluding diaryl/α,β-unsaturated/α-hetero) is 1. The minimum atomic E-state index is -0.981. The molecule has 1 aliphatic rings. The first-order chi connectivity index (χ1) is 16.9. The van der Waals surface area contributed by atoms with Crippen molar-refractivity contribution in [2.24, 2.45) is 5.41 Å². The number of nitrogens with zero attached hydrogens (tertiary/aromatic N) is 4. The average Bonchev–Trinajstić information content (AvgIpc) is 2.84. The van der Waals surface area contributed by atoms with Crippen LogP contribution in [0.2, 0.25) is 0 Å². The third-order valence-corrected chi connectivity index (χ3v) is 4.78. The number of hydrogen-bond donors (Lipinski definition) is 3. The Morgan fingerprint density at radius 3 is 1.36 bits per heavy atom. The molecule has 0 aromatic rings. The Bertz CT molecular complexity index is 748. The molecule has 0 amide bonds. The summed E-state index contributed by atoms with van der Waals surface area (Å²) in [4.78, 5) is 20.6. The molecule has 0 aromatic heterocycles. The standard InChI is InChI=1S/C10H22O2.C10H16O.C3H4O2.2C2N2/c11-9-7-5-3-1-2-4-6-8-10-12;1-7-5-10(3,4)6-9(11)8(7)2;1-2-3(4)5;2*3-1-2-4/h11-12H,1-10H2;5-6H2,1-4H3;2H,1H2,(H,4,5);;. The summed E-state index contributed by atoms with van der Waals surface area (Å²) in [6.07, 6.45) is 11.9. The fourth-order valence-electron chi connectivity index (χ4n) is 3.00. The van der Waals surface area contributed by atoms with Crippen molar-refractivity contribution in [3.8, 4) is 24.3 Å². The third kappa shape index (κ3) is 35.1. The number of unbranched alkanes of at least 4 members (excludes halogenated alkanes) is 7. The van der Waals surface area contributed by atoms with E-state index in [1.165, 1.54) is 55.5 Å². The number of nitriles is 4. The van der Waals surface area contributed by atoms with Crippen LogP contribution in [0.1, 0.15) is 91.9 Å². The topological polar surface area (TPSA) is 190 Å². The molecule has 1 aliphatic carbocycles. The number of hydrogen-bond acceptors (Lipinski definition) is 8. The van der Waals surface area contributed by atoms with E-state index in [2.05, 4.69) is 27.4 Å². The number of aliphatic hydroxyl groups is 2. The lowest BCUT2D eigenvalue weighted by atomic mass is 9.74. The summed E-state index contributed by atoms with van der Waals surface area (Å²) in [5, 5.41) is 53.7. The molecule has 9 nitrogen and oxygen atoms in total. The van der Waals surface area contributed by atoms with Crippen molar-refractivity contribution in [2.45, 2.75) is 91.9 Å². The van der Waals surface area contributed by atoms with Crippen molar-refractivity contribution < 1.29 is 24.9 Å². The summed E-state index contributed by atoms with van der Waals surface area (Å²) in [6.45, 7) is 11.9. The maximum absolute atomic E-state index is 11.4. The minimum Gasteiger partial charge on any atom is -0.478 e. The Balaban J connectivity index is -0.000000194. The van der Waals surface area contributed by atoms with Gasteiger partial charge in [-0.25, -0.2) is 4.79 Å². The van der Waals surface area contributed by atoms with Crippen LogP contribution in [-0.4, -0.2) is 40.3 Å². The Morgan fingerprint density at radius 2 is 1.14 bits per heavy atom. The van der Waals surface area contributed by atoms with E-state index in [9.17, 15) is 9.59 Å². The lowest BCUT2D eigenvalue weighted by molar-refractivity contribution is -0.131. The number of carbonyl (C=O) groups excluding carboxylic acids is 1. The lowest BCUT2D eigenvalue weighted by Crippen LogP contribution is -2.23. The van der Waals surface area contributed by atoms with Gasteiger partial charge in [-0.15, -0.1) is 0 Å². The minimum absolute atomic E-state index is 0.195. The molecule has 36 heavy (non-hydrogen) atoms. The number of ketones is 1. The number of aliphatic hydroxyl groups excluding tert-OH is 2. The van der Waals surface area contributed by atoms with E-state index in [1.54, 1.807) is 0 Å². The molecule has 200 valence electrons. The summed E-state index contributed by atoms with van der Waals surface area (Å²) in [7, 11) is 0. The van der Waals surface area contributed by atoms with Gasteiger partial charge in [-0.05, 0) is 44.1 Å². The SMILES string of the molecule is C=CC(=O)O.CC1=C(C)C(=O)CC(C)(C)C1.N#CC#N.N#CC#N.OCCCCCCCCCCO. The Kier molecular flexibility index (Phi) is 32.6. The van der Waals surface area contributed by atoms with Gasteiger partial charge in [0.2, 0.25) is 0 Å². The van der Waals surface area contributed by atoms with E-state index in [0.717, 1.165) is 50.2 Å². The second kappa shape index (κ2) is 29.5. The Morgan fingerprint density at radius 1 is 0.833 bits per heavy atom. The summed E-state index contributed by atoms with van der Waals surface area (Å²) in [5.41, 5.74) is 2.45. The van der Waals surface area contributed by atoms with Crippen molar-refractivity contribution in [2.75, 3.05) is 13.2 Å². The predicted molar refractivity (Wildman–Crippen MR) is 138 cm³/mol. The predicted octanol–water partition coefficient (Wildman–Crippen LogP) is 5.13. The summed E-state index contributed by atoms with van der Waals surface area (Å²) < 4.78 is 0. The molecule has 0 spiro atoms. The van der Waals surface area contributed by atoms with Crippen molar-refractivity contribution >= 4 is 11.8 Å². The van der Waals surface area contributed by atoms with Crippen molar-refractivity contribution in [3.63, 3.8) is 0 Å². The summed E-state index contributed by atoms with van der Waals surface area (Å²) in [6, 6.07) is 4.94. The normalized spacial score (nSPS) is 12.3. The van der Waals surface area contributed by atoms with E-state index in [0.29, 0.717) is 19.0 Å². The highest BCUT2D eigenvalue weighted by Crippen LogP contribution is 2.36. The Labute approximate surface area is 216 Å². The van der Waals surface area contributed by atoms with Crippen molar-refractivity contribution in [1.29, 1.82) is 21.0 Å². The number of allylic oxidation sites excluding steroid dienone is 2. The van der Waals surface area contributed by atoms with Gasteiger partial charge in [0, 0.05) is 25.7 Å². The van der Waals surface area contributed by atoms with E-state index in [4.69, 9.17) is 36.4 Å². The van der Waals surface area contributed by atoms with Gasteiger partial charge in [-0.2, -0.15) is 21.0 Å². The van der Waals surface area contributed by atoms with Crippen LogP contribution < -0.4 is 0 Å². The molecule has 3 N–H and O–H groups in total. The lowest BCUT2D eigenvalue weighted by Gasteiger charge is -2.29. The van der Waals surface area contributed by atoms with Gasteiger partial charge in [0.25, 0.3) is 0 Å². The second-order valence-electron chi connectivity index (χ2n) is 8.61. The van der Waals surface area contributed by atoms with Crippen LogP contribution in [0.25, 0.3) is 0 Å². The molecule has 0 saturated heterocycles. The third-order valence-electron chi connectivity index (χ3n) is 4.78. The molecule has 0 radical (unpaired) electrons. The van der Waals surface area contributed by atoms with Gasteiger partial charge in [0.15, 0.2) is 30.1 Å². The van der Waals surface area contributed by atoms with Gasteiger partial charge in [0.1, 0.15) is 0 Å². The maximum atomic E-state index is 11.4. The highest BCUT2D eigenvalue weighted by atomic mass is 16.4. The molecule has 0 bridgehead atoms.